The van der Waals surface area contributed by atoms with Crippen LogP contribution in [0.1, 0.15) is 41.5 Å². The van der Waals surface area contributed by atoms with Crippen LogP contribution < -0.4 is 0 Å². The van der Waals surface area contributed by atoms with Gasteiger partial charge in [-0.15, -0.1) is 0 Å². The van der Waals surface area contributed by atoms with Crippen molar-refractivity contribution in [1.29, 1.82) is 0 Å². The van der Waals surface area contributed by atoms with E-state index in [0.717, 1.165) is 11.1 Å². The van der Waals surface area contributed by atoms with E-state index >= 15 is 0 Å². The molecule has 2 aliphatic rings. The van der Waals surface area contributed by atoms with Crippen LogP contribution in [0.5, 0.6) is 0 Å². The molecule has 0 N–H and O–H groups in total. The lowest BCUT2D eigenvalue weighted by molar-refractivity contribution is -0.116. The molecule has 0 bridgehead atoms. The molecule has 2 atom stereocenters. The lowest BCUT2D eigenvalue weighted by Gasteiger charge is -2.37. The standard InChI is InChI=1S/C14H20O/c1-7(2)11-13(15)12(8(3)4)14(11)9(5)10(14)6/h9-10H,1-6H3. The van der Waals surface area contributed by atoms with Gasteiger partial charge in [-0.1, -0.05) is 25.0 Å². The lowest BCUT2D eigenvalue weighted by Crippen LogP contribution is -2.37. The molecule has 0 aromatic rings. The normalized spacial score (nSPS) is 31.7. The van der Waals surface area contributed by atoms with E-state index in [0.29, 0.717) is 17.6 Å². The van der Waals surface area contributed by atoms with E-state index in [1.54, 1.807) is 0 Å². The molecule has 0 heterocycles. The van der Waals surface area contributed by atoms with Crippen LogP contribution in [0.4, 0.5) is 0 Å². The van der Waals surface area contributed by atoms with E-state index in [2.05, 4.69) is 41.5 Å². The van der Waals surface area contributed by atoms with Gasteiger partial charge >= 0.3 is 0 Å². The molecule has 0 radical (unpaired) electrons. The van der Waals surface area contributed by atoms with E-state index < -0.39 is 0 Å². The predicted molar refractivity (Wildman–Crippen MR) is 62.5 cm³/mol. The molecule has 0 amide bonds. The quantitative estimate of drug-likeness (QED) is 0.552. The molecule has 0 aromatic heterocycles. The van der Waals surface area contributed by atoms with Crippen LogP contribution in [-0.2, 0) is 4.79 Å². The Bertz CT molecular complexity index is 363. The van der Waals surface area contributed by atoms with Crippen LogP contribution in [-0.4, -0.2) is 5.78 Å². The van der Waals surface area contributed by atoms with Gasteiger partial charge < -0.3 is 0 Å². The molecule has 0 aliphatic heterocycles. The van der Waals surface area contributed by atoms with Gasteiger partial charge in [0.25, 0.3) is 0 Å². The minimum absolute atomic E-state index is 0.148. The van der Waals surface area contributed by atoms with E-state index in [1.807, 2.05) is 0 Å². The van der Waals surface area contributed by atoms with Gasteiger partial charge in [-0.25, -0.2) is 0 Å². The van der Waals surface area contributed by atoms with Crippen LogP contribution in [0, 0.1) is 17.3 Å². The Balaban J connectivity index is 2.58. The number of allylic oxidation sites excluding steroid dienone is 4. The van der Waals surface area contributed by atoms with E-state index in [-0.39, 0.29) is 5.41 Å². The molecule has 2 fully saturated rings. The summed E-state index contributed by atoms with van der Waals surface area (Å²) >= 11 is 0. The molecular formula is C14H20O. The van der Waals surface area contributed by atoms with Crippen LogP contribution in [0.2, 0.25) is 0 Å². The number of rotatable bonds is 0. The highest BCUT2D eigenvalue weighted by atomic mass is 16.1. The van der Waals surface area contributed by atoms with Gasteiger partial charge in [-0.05, 0) is 39.5 Å². The predicted octanol–water partition coefficient (Wildman–Crippen LogP) is 3.51. The summed E-state index contributed by atoms with van der Waals surface area (Å²) in [5.74, 6) is 1.60. The minimum atomic E-state index is 0.148. The Kier molecular flexibility index (Phi) is 2.02. The average Bonchev–Trinajstić information content (AvgIpc) is 2.57. The summed E-state index contributed by atoms with van der Waals surface area (Å²) in [5.41, 5.74) is 4.79. The molecule has 2 saturated carbocycles. The Morgan fingerprint density at radius 3 is 1.47 bits per heavy atom. The summed E-state index contributed by atoms with van der Waals surface area (Å²) in [4.78, 5) is 12.1. The van der Waals surface area contributed by atoms with Crippen molar-refractivity contribution in [3.05, 3.63) is 22.3 Å². The molecule has 0 aromatic carbocycles. The number of hydrogen-bond acceptors (Lipinski definition) is 1. The summed E-state index contributed by atoms with van der Waals surface area (Å²) in [5, 5.41) is 0. The highest BCUT2D eigenvalue weighted by molar-refractivity contribution is 6.21. The second-order valence-corrected chi connectivity index (χ2v) is 5.53. The first kappa shape index (κ1) is 10.7. The number of carbonyl (C=O) groups excluding carboxylic acids is 1. The fraction of sp³-hybridized carbons (Fsp3) is 0.643. The van der Waals surface area contributed by atoms with Crippen molar-refractivity contribution in [3.63, 3.8) is 0 Å². The molecule has 82 valence electrons. The van der Waals surface area contributed by atoms with E-state index in [9.17, 15) is 4.79 Å². The average molecular weight is 204 g/mol. The zero-order valence-electron chi connectivity index (χ0n) is 10.6. The van der Waals surface area contributed by atoms with Gasteiger partial charge in [0.1, 0.15) is 0 Å². The third kappa shape index (κ3) is 0.965. The Morgan fingerprint density at radius 2 is 1.27 bits per heavy atom. The van der Waals surface area contributed by atoms with Gasteiger partial charge in [0.15, 0.2) is 5.78 Å². The number of hydrogen-bond donors (Lipinski definition) is 0. The molecular weight excluding hydrogens is 184 g/mol. The fourth-order valence-corrected chi connectivity index (χ4v) is 3.53. The van der Waals surface area contributed by atoms with Gasteiger partial charge in [0.2, 0.25) is 0 Å². The number of carbonyl (C=O) groups is 1. The van der Waals surface area contributed by atoms with Gasteiger partial charge in [-0.2, -0.15) is 0 Å². The van der Waals surface area contributed by atoms with Crippen molar-refractivity contribution in [2.75, 3.05) is 0 Å². The van der Waals surface area contributed by atoms with Crippen molar-refractivity contribution < 1.29 is 4.79 Å². The van der Waals surface area contributed by atoms with Crippen LogP contribution in [0.25, 0.3) is 0 Å². The smallest absolute Gasteiger partial charge is 0.186 e. The number of Topliss-reactive ketones (excluding diaryl/α,β-unsaturated/α-hetero) is 1. The largest absolute Gasteiger partial charge is 0.289 e. The third-order valence-electron chi connectivity index (χ3n) is 4.36. The highest BCUT2D eigenvalue weighted by Gasteiger charge is 2.72. The van der Waals surface area contributed by atoms with Crippen molar-refractivity contribution in [1.82, 2.24) is 0 Å². The zero-order valence-corrected chi connectivity index (χ0v) is 10.6. The molecule has 1 heteroatoms. The van der Waals surface area contributed by atoms with Crippen molar-refractivity contribution >= 4 is 5.78 Å². The van der Waals surface area contributed by atoms with E-state index in [4.69, 9.17) is 0 Å². The summed E-state index contributed by atoms with van der Waals surface area (Å²) < 4.78 is 0. The van der Waals surface area contributed by atoms with Crippen molar-refractivity contribution in [2.45, 2.75) is 41.5 Å². The van der Waals surface area contributed by atoms with Crippen LogP contribution in [0.3, 0.4) is 0 Å². The maximum atomic E-state index is 12.1. The van der Waals surface area contributed by atoms with Gasteiger partial charge in [0, 0.05) is 16.6 Å². The maximum Gasteiger partial charge on any atom is 0.186 e. The van der Waals surface area contributed by atoms with Gasteiger partial charge in [-0.3, -0.25) is 4.79 Å². The lowest BCUT2D eigenvalue weighted by atomic mass is 9.64. The number of ketones is 1. The molecule has 1 spiro atoms. The molecule has 2 unspecified atom stereocenters. The zero-order chi connectivity index (χ0) is 11.5. The SMILES string of the molecule is CC(C)=C1C(=O)C(=C(C)C)C12C(C)C2C. The van der Waals surface area contributed by atoms with Crippen molar-refractivity contribution in [3.8, 4) is 0 Å². The van der Waals surface area contributed by atoms with Crippen LogP contribution in [0.15, 0.2) is 22.3 Å². The first-order valence-corrected chi connectivity index (χ1v) is 5.77. The molecule has 0 saturated heterocycles. The monoisotopic (exact) mass is 204 g/mol. The van der Waals surface area contributed by atoms with Gasteiger partial charge in [0.05, 0.1) is 0 Å². The highest BCUT2D eigenvalue weighted by Crippen LogP contribution is 2.74. The summed E-state index contributed by atoms with van der Waals surface area (Å²) in [6, 6.07) is 0. The maximum absolute atomic E-state index is 12.1. The second kappa shape index (κ2) is 2.84. The molecule has 2 rings (SSSR count). The Labute approximate surface area is 92.3 Å². The van der Waals surface area contributed by atoms with E-state index in [1.165, 1.54) is 11.1 Å². The first-order chi connectivity index (χ1) is 6.86. The second-order valence-electron chi connectivity index (χ2n) is 5.53. The van der Waals surface area contributed by atoms with Crippen molar-refractivity contribution in [2.24, 2.45) is 17.3 Å². The summed E-state index contributed by atoms with van der Waals surface area (Å²) in [7, 11) is 0. The summed E-state index contributed by atoms with van der Waals surface area (Å²) in [6.45, 7) is 12.8. The Hall–Kier alpha value is -0.850. The topological polar surface area (TPSA) is 17.1 Å². The molecule has 1 nitrogen and oxygen atoms in total. The minimum Gasteiger partial charge on any atom is -0.289 e. The summed E-state index contributed by atoms with van der Waals surface area (Å²) in [6.07, 6.45) is 0. The van der Waals surface area contributed by atoms with Crippen LogP contribution >= 0.6 is 0 Å². The fourth-order valence-electron chi connectivity index (χ4n) is 3.53. The first-order valence-electron chi connectivity index (χ1n) is 5.77. The molecule has 15 heavy (non-hydrogen) atoms. The third-order valence-corrected chi connectivity index (χ3v) is 4.36. The Morgan fingerprint density at radius 1 is 0.933 bits per heavy atom. The molecule has 2 aliphatic carbocycles.